The van der Waals surface area contributed by atoms with Crippen molar-refractivity contribution < 1.29 is 19.4 Å². The molecule has 4 aromatic rings. The number of rotatable bonds is 2. The molecule has 1 aliphatic carbocycles. The van der Waals surface area contributed by atoms with Crippen LogP contribution in [0.15, 0.2) is 126 Å². The number of carbonyl (C=O) groups is 2. The molecule has 4 aromatic carbocycles. The second-order valence-electron chi connectivity index (χ2n) is 8.62. The molecule has 0 spiro atoms. The number of aliphatic hydroxyl groups is 1. The molecule has 4 nitrogen and oxygen atoms in total. The summed E-state index contributed by atoms with van der Waals surface area (Å²) in [5, 5.41) is 11.6. The van der Waals surface area contributed by atoms with Gasteiger partial charge in [0.25, 0.3) is 0 Å². The van der Waals surface area contributed by atoms with Gasteiger partial charge in [-0.25, -0.2) is 4.79 Å². The summed E-state index contributed by atoms with van der Waals surface area (Å²) in [7, 11) is 0. The molecule has 0 amide bonds. The third-order valence-corrected chi connectivity index (χ3v) is 6.45. The van der Waals surface area contributed by atoms with Gasteiger partial charge in [0.2, 0.25) is 5.78 Å². The molecule has 3 aliphatic rings. The Balaban J connectivity index is 1.63. The largest absolute Gasteiger partial charge is 0.507 e. The highest BCUT2D eigenvalue weighted by molar-refractivity contribution is 6.28. The first kappa shape index (κ1) is 21.6. The second kappa shape index (κ2) is 8.67. The molecule has 4 heteroatoms. The maximum atomic E-state index is 13.3. The number of hydrogen-bond donors (Lipinski definition) is 1. The van der Waals surface area contributed by atoms with Gasteiger partial charge in [-0.05, 0) is 63.7 Å². The van der Waals surface area contributed by atoms with E-state index in [1.807, 2.05) is 78.9 Å². The van der Waals surface area contributed by atoms with Crippen molar-refractivity contribution in [1.29, 1.82) is 0 Å². The number of hydrogen-bond acceptors (Lipinski definition) is 4. The fraction of sp³-hybridized carbons (Fsp3) is 0. The van der Waals surface area contributed by atoms with Crippen molar-refractivity contribution in [3.8, 4) is 39.1 Å². The molecule has 0 saturated heterocycles. The monoisotopic (exact) mass is 468 g/mol. The van der Waals surface area contributed by atoms with Crippen molar-refractivity contribution in [1.82, 2.24) is 0 Å². The average Bonchev–Trinajstić information content (AvgIpc) is 2.93. The molecule has 0 saturated carbocycles. The lowest BCUT2D eigenvalue weighted by Gasteiger charge is -2.20. The van der Waals surface area contributed by atoms with Crippen LogP contribution < -0.4 is 4.74 Å². The van der Waals surface area contributed by atoms with Gasteiger partial charge in [-0.3, -0.25) is 4.79 Å². The number of benzene rings is 4. The van der Waals surface area contributed by atoms with Crippen molar-refractivity contribution in [3.05, 3.63) is 132 Å². The molecule has 2 heterocycles. The van der Waals surface area contributed by atoms with E-state index in [-0.39, 0.29) is 16.9 Å². The van der Waals surface area contributed by atoms with Gasteiger partial charge in [0, 0.05) is 5.56 Å². The third-order valence-electron chi connectivity index (χ3n) is 6.45. The highest BCUT2D eigenvalue weighted by Gasteiger charge is 2.29. The lowest BCUT2D eigenvalue weighted by atomic mass is 9.86. The van der Waals surface area contributed by atoms with E-state index in [0.717, 1.165) is 33.4 Å². The summed E-state index contributed by atoms with van der Waals surface area (Å²) >= 11 is 0. The Morgan fingerprint density at radius 1 is 0.639 bits per heavy atom. The Kier molecular flexibility index (Phi) is 5.20. The zero-order valence-electron chi connectivity index (χ0n) is 19.1. The minimum absolute atomic E-state index is 0.0485. The summed E-state index contributed by atoms with van der Waals surface area (Å²) in [6.07, 6.45) is 4.52. The predicted molar refractivity (Wildman–Crippen MR) is 140 cm³/mol. The van der Waals surface area contributed by atoms with E-state index >= 15 is 0 Å². The van der Waals surface area contributed by atoms with Gasteiger partial charge < -0.3 is 9.84 Å². The molecule has 0 atom stereocenters. The molecule has 1 N–H and O–H groups in total. The number of esters is 1. The minimum atomic E-state index is -0.757. The molecule has 172 valence electrons. The lowest BCUT2D eigenvalue weighted by Crippen LogP contribution is -2.22. The van der Waals surface area contributed by atoms with E-state index in [4.69, 9.17) is 4.74 Å². The minimum Gasteiger partial charge on any atom is -0.507 e. The van der Waals surface area contributed by atoms with Gasteiger partial charge in [-0.2, -0.15) is 0 Å². The summed E-state index contributed by atoms with van der Waals surface area (Å²) in [4.78, 5) is 26.0. The summed E-state index contributed by atoms with van der Waals surface area (Å²) in [6.45, 7) is 0. The Hall–Kier alpha value is -4.96. The van der Waals surface area contributed by atoms with Crippen molar-refractivity contribution in [2.75, 3.05) is 0 Å². The number of Topliss-reactive ketones (excluding diaryl/α,β-unsaturated/α-hetero) is 1. The van der Waals surface area contributed by atoms with Gasteiger partial charge in [0.05, 0.1) is 5.57 Å². The Labute approximate surface area is 208 Å². The van der Waals surface area contributed by atoms with Crippen LogP contribution in [0.4, 0.5) is 0 Å². The molecule has 0 fully saturated rings. The molecule has 0 aromatic heterocycles. The van der Waals surface area contributed by atoms with Crippen LogP contribution in [-0.4, -0.2) is 16.9 Å². The van der Waals surface area contributed by atoms with Crippen LogP contribution in [0, 0.1) is 0 Å². The molecule has 0 unspecified atom stereocenters. The SMILES string of the molecule is O=C1Oc2ccc(cc2)-c2cccc(-c3cccc(-c4ccccc4)c3)c2C(O)=C2C=CC=C1C2=O. The van der Waals surface area contributed by atoms with E-state index in [1.54, 1.807) is 18.2 Å². The van der Waals surface area contributed by atoms with E-state index in [1.165, 1.54) is 12.2 Å². The third kappa shape index (κ3) is 3.65. The van der Waals surface area contributed by atoms with Gasteiger partial charge >= 0.3 is 5.97 Å². The molecule has 4 bridgehead atoms. The molecule has 7 rings (SSSR count). The Morgan fingerprint density at radius 3 is 2.08 bits per heavy atom. The van der Waals surface area contributed by atoms with E-state index in [9.17, 15) is 14.7 Å². The molecular weight excluding hydrogens is 448 g/mol. The first-order valence-corrected chi connectivity index (χ1v) is 11.6. The van der Waals surface area contributed by atoms with Crippen LogP contribution in [0.25, 0.3) is 39.1 Å². The van der Waals surface area contributed by atoms with E-state index < -0.39 is 11.8 Å². The zero-order chi connectivity index (χ0) is 24.6. The van der Waals surface area contributed by atoms with Crippen molar-refractivity contribution in [3.63, 3.8) is 0 Å². The predicted octanol–water partition coefficient (Wildman–Crippen LogP) is 6.94. The zero-order valence-corrected chi connectivity index (χ0v) is 19.1. The first-order chi connectivity index (χ1) is 17.6. The van der Waals surface area contributed by atoms with Gasteiger partial charge in [0.1, 0.15) is 17.1 Å². The Morgan fingerprint density at radius 2 is 1.31 bits per heavy atom. The molecule has 36 heavy (non-hydrogen) atoms. The van der Waals surface area contributed by atoms with Crippen LogP contribution in [0.5, 0.6) is 5.75 Å². The maximum absolute atomic E-state index is 13.3. The van der Waals surface area contributed by atoms with Crippen LogP contribution in [0.2, 0.25) is 0 Å². The molecular formula is C32H20O4. The van der Waals surface area contributed by atoms with Crippen molar-refractivity contribution in [2.45, 2.75) is 0 Å². The van der Waals surface area contributed by atoms with Crippen LogP contribution in [0.3, 0.4) is 0 Å². The number of carbonyl (C=O) groups excluding carboxylic acids is 2. The quantitative estimate of drug-likeness (QED) is 0.197. The smallest absolute Gasteiger partial charge is 0.347 e. The number of ether oxygens (including phenoxy) is 1. The van der Waals surface area contributed by atoms with Gasteiger partial charge in [0.15, 0.2) is 0 Å². The summed E-state index contributed by atoms with van der Waals surface area (Å²) < 4.78 is 5.40. The second-order valence-corrected chi connectivity index (χ2v) is 8.62. The lowest BCUT2D eigenvalue weighted by molar-refractivity contribution is -0.131. The summed E-state index contributed by atoms with van der Waals surface area (Å²) in [5.74, 6) is -1.17. The van der Waals surface area contributed by atoms with Crippen LogP contribution >= 0.6 is 0 Å². The van der Waals surface area contributed by atoms with Crippen molar-refractivity contribution >= 4 is 17.5 Å². The fourth-order valence-corrected chi connectivity index (χ4v) is 4.67. The first-order valence-electron chi connectivity index (χ1n) is 11.6. The highest BCUT2D eigenvalue weighted by Crippen LogP contribution is 2.40. The maximum Gasteiger partial charge on any atom is 0.347 e. The topological polar surface area (TPSA) is 63.6 Å². The Bertz CT molecular complexity index is 1620. The normalized spacial score (nSPS) is 14.5. The van der Waals surface area contributed by atoms with Crippen molar-refractivity contribution in [2.24, 2.45) is 0 Å². The number of allylic oxidation sites excluding steroid dienone is 4. The summed E-state index contributed by atoms with van der Waals surface area (Å²) in [6, 6.07) is 31.0. The van der Waals surface area contributed by atoms with Gasteiger partial charge in [-0.15, -0.1) is 0 Å². The standard InChI is InChI=1S/C32H20O4/c33-30-27-13-6-14-28(30)32(35)36-24-17-15-21(16-18-24)25-11-5-12-26(29(25)31(27)34)23-10-4-9-22(19-23)20-7-2-1-3-8-20/h1-19,34H. The average molecular weight is 469 g/mol. The van der Waals surface area contributed by atoms with E-state index in [2.05, 4.69) is 6.07 Å². The number of fused-ring (bicyclic) bond motifs is 3. The van der Waals surface area contributed by atoms with Crippen LogP contribution in [-0.2, 0) is 9.59 Å². The molecule has 2 aliphatic heterocycles. The number of ketones is 1. The molecule has 0 radical (unpaired) electrons. The number of aliphatic hydroxyl groups excluding tert-OH is 1. The summed E-state index contributed by atoms with van der Waals surface area (Å²) in [5.41, 5.74) is 5.82. The van der Waals surface area contributed by atoms with E-state index in [0.29, 0.717) is 11.3 Å². The fourth-order valence-electron chi connectivity index (χ4n) is 4.67. The van der Waals surface area contributed by atoms with Crippen LogP contribution in [0.1, 0.15) is 5.56 Å². The van der Waals surface area contributed by atoms with Gasteiger partial charge in [-0.1, -0.05) is 84.9 Å². The highest BCUT2D eigenvalue weighted by atomic mass is 16.5.